The van der Waals surface area contributed by atoms with Gasteiger partial charge in [-0.1, -0.05) is 50.2 Å². The minimum absolute atomic E-state index is 0.120. The van der Waals surface area contributed by atoms with Gasteiger partial charge < -0.3 is 15.2 Å². The first-order chi connectivity index (χ1) is 17.4. The molecule has 2 heterocycles. The minimum Gasteiger partial charge on any atom is -0.491 e. The summed E-state index contributed by atoms with van der Waals surface area (Å²) in [5.74, 6) is 1.43. The van der Waals surface area contributed by atoms with E-state index in [1.807, 2.05) is 60.7 Å². The molecule has 1 aliphatic rings. The van der Waals surface area contributed by atoms with Gasteiger partial charge in [0.15, 0.2) is 0 Å². The number of amides is 1. The number of hydrogen-bond acceptors (Lipinski definition) is 7. The molecule has 1 aliphatic heterocycles. The van der Waals surface area contributed by atoms with Crippen molar-refractivity contribution < 1.29 is 14.3 Å². The highest BCUT2D eigenvalue weighted by Gasteiger charge is 2.30. The second-order valence-corrected chi connectivity index (χ2v) is 9.19. The fourth-order valence-electron chi connectivity index (χ4n) is 3.97. The van der Waals surface area contributed by atoms with Crippen molar-refractivity contribution >= 4 is 17.6 Å². The molecule has 1 atom stereocenters. The number of nitrogens with zero attached hydrogens (tertiary/aromatic N) is 3. The highest BCUT2D eigenvalue weighted by molar-refractivity contribution is 6.38. The summed E-state index contributed by atoms with van der Waals surface area (Å²) in [7, 11) is 0. The van der Waals surface area contributed by atoms with Gasteiger partial charge in [0.2, 0.25) is 5.84 Å². The Bertz CT molecular complexity index is 1210. The molecule has 0 fully saturated rings. The number of hydrogen-bond donors (Lipinski definition) is 2. The molecule has 8 heteroatoms. The van der Waals surface area contributed by atoms with Crippen LogP contribution < -0.4 is 20.9 Å². The number of hydrazine groups is 1. The molecule has 0 saturated heterocycles. The fraction of sp³-hybridized carbons (Fsp3) is 0.321. The number of aromatic nitrogens is 1. The third-order valence-corrected chi connectivity index (χ3v) is 5.76. The molecule has 0 radical (unpaired) electrons. The number of primary amides is 1. The topological polar surface area (TPSA) is 102 Å². The molecule has 3 N–H and O–H groups in total. The zero-order valence-electron chi connectivity index (χ0n) is 21.0. The summed E-state index contributed by atoms with van der Waals surface area (Å²) in [5.41, 5.74) is 12.8. The number of pyridine rings is 1. The van der Waals surface area contributed by atoms with Gasteiger partial charge >= 0.3 is 0 Å². The van der Waals surface area contributed by atoms with Crippen LogP contribution in [0.5, 0.6) is 5.75 Å². The standard InChI is InChI=1S/C28H33N5O3/c1-19(2)18-35-13-14-36-23-10-9-20(3)24(17-23)22-11-12-30-25(16-22)33-26(31-28(32-33)27(29)34)15-21-7-5-4-6-8-21/h4-12,16-17,19,26H,13-15,18H2,1-3H3,(H2,29,34)(H,31,32). The third kappa shape index (κ3) is 6.40. The van der Waals surface area contributed by atoms with E-state index in [0.717, 1.165) is 34.6 Å². The van der Waals surface area contributed by atoms with Gasteiger partial charge in [0.25, 0.3) is 5.91 Å². The smallest absolute Gasteiger partial charge is 0.285 e. The predicted molar refractivity (Wildman–Crippen MR) is 142 cm³/mol. The number of nitrogens with two attached hydrogens (primary N) is 1. The highest BCUT2D eigenvalue weighted by Crippen LogP contribution is 2.30. The first kappa shape index (κ1) is 25.2. The Morgan fingerprint density at radius 3 is 2.67 bits per heavy atom. The van der Waals surface area contributed by atoms with Crippen LogP contribution in [0.15, 0.2) is 71.9 Å². The monoisotopic (exact) mass is 487 g/mol. The van der Waals surface area contributed by atoms with Crippen molar-refractivity contribution in [1.82, 2.24) is 10.4 Å². The second-order valence-electron chi connectivity index (χ2n) is 9.19. The zero-order chi connectivity index (χ0) is 25.5. The second kappa shape index (κ2) is 11.7. The van der Waals surface area contributed by atoms with Crippen LogP contribution in [-0.4, -0.2) is 42.7 Å². The highest BCUT2D eigenvalue weighted by atomic mass is 16.5. The van der Waals surface area contributed by atoms with E-state index in [2.05, 4.69) is 36.2 Å². The summed E-state index contributed by atoms with van der Waals surface area (Å²) in [4.78, 5) is 20.9. The maximum Gasteiger partial charge on any atom is 0.285 e. The molecule has 3 aromatic rings. The van der Waals surface area contributed by atoms with Gasteiger partial charge in [0.05, 0.1) is 6.61 Å². The van der Waals surface area contributed by atoms with Crippen LogP contribution >= 0.6 is 0 Å². The van der Waals surface area contributed by atoms with Crippen LogP contribution in [0.1, 0.15) is 25.0 Å². The summed E-state index contributed by atoms with van der Waals surface area (Å²) in [6.45, 7) is 8.07. The minimum atomic E-state index is -0.607. The number of aryl methyl sites for hydroxylation is 1. The number of anilines is 1. The zero-order valence-corrected chi connectivity index (χ0v) is 21.0. The number of carbonyl (C=O) groups excluding carboxylic acids is 1. The van der Waals surface area contributed by atoms with Crippen molar-refractivity contribution in [2.24, 2.45) is 16.6 Å². The van der Waals surface area contributed by atoms with E-state index in [4.69, 9.17) is 15.2 Å². The average molecular weight is 488 g/mol. The Morgan fingerprint density at radius 2 is 1.92 bits per heavy atom. The quantitative estimate of drug-likeness (QED) is 0.398. The molecule has 0 spiro atoms. The molecule has 0 saturated carbocycles. The van der Waals surface area contributed by atoms with Gasteiger partial charge in [0.1, 0.15) is 24.3 Å². The number of benzene rings is 2. The summed E-state index contributed by atoms with van der Waals surface area (Å²) in [5, 5.41) is 1.79. The molecule has 1 unspecified atom stereocenters. The van der Waals surface area contributed by atoms with E-state index in [1.54, 1.807) is 11.2 Å². The lowest BCUT2D eigenvalue weighted by Crippen LogP contribution is -2.45. The number of carbonyl (C=O) groups is 1. The van der Waals surface area contributed by atoms with Gasteiger partial charge in [-0.3, -0.25) is 10.2 Å². The van der Waals surface area contributed by atoms with E-state index in [1.165, 1.54) is 0 Å². The van der Waals surface area contributed by atoms with E-state index < -0.39 is 5.91 Å². The summed E-state index contributed by atoms with van der Waals surface area (Å²) >= 11 is 0. The molecular weight excluding hydrogens is 454 g/mol. The molecule has 188 valence electrons. The predicted octanol–water partition coefficient (Wildman–Crippen LogP) is 3.89. The van der Waals surface area contributed by atoms with Crippen molar-refractivity contribution in [2.45, 2.75) is 33.4 Å². The van der Waals surface area contributed by atoms with Crippen LogP contribution in [0, 0.1) is 12.8 Å². The number of ether oxygens (including phenoxy) is 2. The van der Waals surface area contributed by atoms with Crippen LogP contribution in [0.2, 0.25) is 0 Å². The Labute approximate surface area is 212 Å². The van der Waals surface area contributed by atoms with Gasteiger partial charge in [-0.05, 0) is 59.4 Å². The van der Waals surface area contributed by atoms with Crippen molar-refractivity contribution in [2.75, 3.05) is 24.8 Å². The fourth-order valence-corrected chi connectivity index (χ4v) is 3.97. The van der Waals surface area contributed by atoms with Gasteiger partial charge in [-0.25, -0.2) is 15.0 Å². The van der Waals surface area contributed by atoms with Crippen molar-refractivity contribution in [1.29, 1.82) is 0 Å². The molecule has 1 amide bonds. The third-order valence-electron chi connectivity index (χ3n) is 5.76. The number of amidine groups is 1. The van der Waals surface area contributed by atoms with Gasteiger partial charge in [-0.2, -0.15) is 0 Å². The van der Waals surface area contributed by atoms with E-state index in [0.29, 0.717) is 31.4 Å². The number of nitrogens with one attached hydrogen (secondary N) is 1. The lowest BCUT2D eigenvalue weighted by Gasteiger charge is -2.24. The molecular formula is C28H33N5O3. The van der Waals surface area contributed by atoms with Crippen molar-refractivity contribution in [3.8, 4) is 16.9 Å². The Hall–Kier alpha value is -3.91. The Balaban J connectivity index is 1.53. The van der Waals surface area contributed by atoms with Crippen LogP contribution in [0.4, 0.5) is 5.82 Å². The maximum absolute atomic E-state index is 11.9. The lowest BCUT2D eigenvalue weighted by atomic mass is 10.0. The molecule has 0 bridgehead atoms. The van der Waals surface area contributed by atoms with Gasteiger partial charge in [0, 0.05) is 19.2 Å². The lowest BCUT2D eigenvalue weighted by molar-refractivity contribution is -0.112. The largest absolute Gasteiger partial charge is 0.491 e. The van der Waals surface area contributed by atoms with Crippen molar-refractivity contribution in [3.05, 3.63) is 78.0 Å². The number of rotatable bonds is 11. The Kier molecular flexibility index (Phi) is 8.17. The summed E-state index contributed by atoms with van der Waals surface area (Å²) in [6, 6.07) is 20.0. The first-order valence-corrected chi connectivity index (χ1v) is 12.2. The van der Waals surface area contributed by atoms with Crippen LogP contribution in [0.3, 0.4) is 0 Å². The molecule has 1 aromatic heterocycles. The van der Waals surface area contributed by atoms with E-state index in [9.17, 15) is 4.79 Å². The average Bonchev–Trinajstić information content (AvgIpc) is 3.29. The summed E-state index contributed by atoms with van der Waals surface area (Å²) in [6.07, 6.45) is 1.98. The summed E-state index contributed by atoms with van der Waals surface area (Å²) < 4.78 is 11.5. The maximum atomic E-state index is 11.9. The van der Waals surface area contributed by atoms with Crippen LogP contribution in [0.25, 0.3) is 11.1 Å². The van der Waals surface area contributed by atoms with E-state index >= 15 is 0 Å². The first-order valence-electron chi connectivity index (χ1n) is 12.2. The Morgan fingerprint density at radius 1 is 1.11 bits per heavy atom. The SMILES string of the molecule is Cc1ccc(OCCOCC(C)C)cc1-c1ccnc(N2NC(C(N)=O)=NC2Cc2ccccc2)c1. The molecule has 2 aromatic carbocycles. The molecule has 0 aliphatic carbocycles. The normalized spacial score (nSPS) is 15.1. The molecule has 4 rings (SSSR count). The van der Waals surface area contributed by atoms with Gasteiger partial charge in [-0.15, -0.1) is 0 Å². The molecule has 36 heavy (non-hydrogen) atoms. The molecule has 8 nitrogen and oxygen atoms in total. The van der Waals surface area contributed by atoms with Crippen molar-refractivity contribution in [3.63, 3.8) is 0 Å². The van der Waals surface area contributed by atoms with E-state index in [-0.39, 0.29) is 12.0 Å². The van der Waals surface area contributed by atoms with Crippen LogP contribution in [-0.2, 0) is 16.0 Å². The number of aliphatic imine (C=N–C) groups is 1.